The maximum Gasteiger partial charge on any atom is 0.255 e. The first-order valence-corrected chi connectivity index (χ1v) is 10.8. The van der Waals surface area contributed by atoms with Crippen LogP contribution in [0.15, 0.2) is 71.6 Å². The van der Waals surface area contributed by atoms with Gasteiger partial charge >= 0.3 is 0 Å². The number of nitrogens with one attached hydrogen (secondary N) is 2. The minimum absolute atomic E-state index is 0.177. The van der Waals surface area contributed by atoms with Gasteiger partial charge in [-0.1, -0.05) is 43.3 Å². The molecule has 0 saturated carbocycles. The van der Waals surface area contributed by atoms with E-state index in [9.17, 15) is 17.6 Å². The second-order valence-electron chi connectivity index (χ2n) is 6.73. The fourth-order valence-electron chi connectivity index (χ4n) is 3.39. The first-order chi connectivity index (χ1) is 14.4. The first kappa shape index (κ1) is 20.1. The molecule has 0 fully saturated rings. The predicted octanol–water partition coefficient (Wildman–Crippen LogP) is 3.75. The van der Waals surface area contributed by atoms with Gasteiger partial charge in [0, 0.05) is 17.7 Å². The van der Waals surface area contributed by atoms with Crippen LogP contribution in [-0.4, -0.2) is 20.9 Å². The molecule has 1 aliphatic rings. The number of hydrogen-bond donors (Lipinski definition) is 2. The molecule has 0 bridgehead atoms. The van der Waals surface area contributed by atoms with Gasteiger partial charge in [-0.2, -0.15) is 0 Å². The Hall–Kier alpha value is -3.23. The quantitative estimate of drug-likeness (QED) is 0.651. The predicted molar refractivity (Wildman–Crippen MR) is 110 cm³/mol. The van der Waals surface area contributed by atoms with Crippen molar-refractivity contribution in [2.75, 3.05) is 6.54 Å². The Morgan fingerprint density at radius 3 is 2.20 bits per heavy atom. The van der Waals surface area contributed by atoms with E-state index in [4.69, 9.17) is 4.74 Å². The van der Waals surface area contributed by atoms with Gasteiger partial charge < -0.3 is 10.1 Å². The molecular formula is C22H19FN2O4S. The molecule has 0 unspecified atom stereocenters. The number of hydrogen-bond acceptors (Lipinski definition) is 4. The van der Waals surface area contributed by atoms with E-state index in [0.717, 1.165) is 29.3 Å². The van der Waals surface area contributed by atoms with Gasteiger partial charge in [0.25, 0.3) is 5.91 Å². The number of rotatable bonds is 5. The van der Waals surface area contributed by atoms with Gasteiger partial charge in [-0.15, -0.1) is 0 Å². The molecule has 8 heteroatoms. The molecule has 0 radical (unpaired) electrons. The minimum atomic E-state index is -3.83. The number of fused-ring (bicyclic) bond motifs is 2. The average molecular weight is 426 g/mol. The molecule has 0 aromatic heterocycles. The highest BCUT2D eigenvalue weighted by Crippen LogP contribution is 2.42. The van der Waals surface area contributed by atoms with Crippen molar-refractivity contribution in [2.24, 2.45) is 0 Å². The number of ether oxygens (including phenoxy) is 1. The van der Waals surface area contributed by atoms with Crippen LogP contribution in [0.5, 0.6) is 11.5 Å². The van der Waals surface area contributed by atoms with Crippen molar-refractivity contribution in [2.45, 2.75) is 17.9 Å². The van der Waals surface area contributed by atoms with Gasteiger partial charge in [-0.25, -0.2) is 17.5 Å². The Kier molecular flexibility index (Phi) is 5.27. The average Bonchev–Trinajstić information content (AvgIpc) is 2.73. The van der Waals surface area contributed by atoms with Crippen LogP contribution in [0.25, 0.3) is 0 Å². The molecular weight excluding hydrogens is 407 g/mol. The topological polar surface area (TPSA) is 84.5 Å². The van der Waals surface area contributed by atoms with Gasteiger partial charge in [0.2, 0.25) is 10.0 Å². The maximum atomic E-state index is 14.4. The van der Waals surface area contributed by atoms with E-state index in [-0.39, 0.29) is 17.0 Å². The number of carbonyl (C=O) groups excluding carboxylic acids is 1. The third kappa shape index (κ3) is 3.67. The summed E-state index contributed by atoms with van der Waals surface area (Å²) in [4.78, 5) is 12.8. The lowest BCUT2D eigenvalue weighted by atomic mass is 9.94. The van der Waals surface area contributed by atoms with E-state index in [2.05, 4.69) is 10.0 Å². The molecule has 6 nitrogen and oxygen atoms in total. The molecule has 0 atom stereocenters. The van der Waals surface area contributed by atoms with Gasteiger partial charge in [-0.05, 0) is 30.3 Å². The van der Waals surface area contributed by atoms with E-state index in [1.54, 1.807) is 19.1 Å². The van der Waals surface area contributed by atoms with Crippen molar-refractivity contribution in [1.29, 1.82) is 0 Å². The van der Waals surface area contributed by atoms with Crippen LogP contribution in [0.2, 0.25) is 0 Å². The monoisotopic (exact) mass is 426 g/mol. The van der Waals surface area contributed by atoms with Crippen LogP contribution >= 0.6 is 0 Å². The lowest BCUT2D eigenvalue weighted by Gasteiger charge is -2.28. The summed E-state index contributed by atoms with van der Waals surface area (Å²) < 4.78 is 47.2. The Bertz CT molecular complexity index is 1180. The zero-order chi connectivity index (χ0) is 21.3. The van der Waals surface area contributed by atoms with Crippen LogP contribution in [0.3, 0.4) is 0 Å². The second kappa shape index (κ2) is 7.89. The number of sulfonamides is 1. The lowest BCUT2D eigenvalue weighted by Crippen LogP contribution is -2.32. The largest absolute Gasteiger partial charge is 0.457 e. The Morgan fingerprint density at radius 1 is 1.00 bits per heavy atom. The van der Waals surface area contributed by atoms with Gasteiger partial charge in [-0.3, -0.25) is 4.79 Å². The minimum Gasteiger partial charge on any atom is -0.457 e. The summed E-state index contributed by atoms with van der Waals surface area (Å²) in [5.41, 5.74) is 1.10. The third-order valence-corrected chi connectivity index (χ3v) is 6.33. The van der Waals surface area contributed by atoms with E-state index in [0.29, 0.717) is 11.5 Å². The fraction of sp³-hybridized carbons (Fsp3) is 0.136. The van der Waals surface area contributed by atoms with Crippen LogP contribution in [0, 0.1) is 5.82 Å². The normalized spacial score (nSPS) is 13.1. The molecule has 3 aromatic carbocycles. The van der Waals surface area contributed by atoms with E-state index in [1.807, 2.05) is 36.4 Å². The highest BCUT2D eigenvalue weighted by atomic mass is 32.2. The lowest BCUT2D eigenvalue weighted by molar-refractivity contribution is 0.0937. The van der Waals surface area contributed by atoms with Crippen LogP contribution in [0.1, 0.15) is 34.5 Å². The van der Waals surface area contributed by atoms with Crippen molar-refractivity contribution in [3.8, 4) is 11.5 Å². The van der Waals surface area contributed by atoms with Crippen LogP contribution in [0.4, 0.5) is 4.39 Å². The number of amides is 1. The fourth-order valence-corrected chi connectivity index (χ4v) is 4.46. The summed E-state index contributed by atoms with van der Waals surface area (Å²) in [5.74, 6) is -0.356. The third-order valence-electron chi connectivity index (χ3n) is 4.78. The SMILES string of the molecule is CCNS(=O)(=O)c1ccc(F)c(C(=O)NC2c3ccccc3Oc3ccccc32)c1. The second-order valence-corrected chi connectivity index (χ2v) is 8.49. The van der Waals surface area contributed by atoms with Crippen molar-refractivity contribution >= 4 is 15.9 Å². The molecule has 0 aliphatic carbocycles. The molecule has 4 rings (SSSR count). The molecule has 0 spiro atoms. The van der Waals surface area contributed by atoms with Gasteiger partial charge in [0.1, 0.15) is 17.3 Å². The number of para-hydroxylation sites is 2. The molecule has 30 heavy (non-hydrogen) atoms. The van der Waals surface area contributed by atoms with Crippen molar-refractivity contribution in [3.05, 3.63) is 89.2 Å². The molecule has 154 valence electrons. The summed E-state index contributed by atoms with van der Waals surface area (Å²) in [7, 11) is -3.83. The summed E-state index contributed by atoms with van der Waals surface area (Å²) in [5, 5.41) is 2.82. The number of carbonyl (C=O) groups is 1. The molecule has 2 N–H and O–H groups in total. The number of benzene rings is 3. The van der Waals surface area contributed by atoms with Gasteiger partial charge in [0.15, 0.2) is 0 Å². The highest BCUT2D eigenvalue weighted by Gasteiger charge is 2.29. The highest BCUT2D eigenvalue weighted by molar-refractivity contribution is 7.89. The molecule has 1 heterocycles. The number of halogens is 1. The van der Waals surface area contributed by atoms with E-state index in [1.165, 1.54) is 0 Å². The standard InChI is InChI=1S/C22H19FN2O4S/c1-2-24-30(27,28)14-11-12-18(23)17(13-14)22(26)25-21-15-7-3-5-9-19(15)29-20-10-6-4-8-16(20)21/h3-13,21,24H,2H2,1H3,(H,25,26). The summed E-state index contributed by atoms with van der Waals surface area (Å²) in [6, 6.07) is 17.1. The molecule has 1 amide bonds. The molecule has 3 aromatic rings. The Balaban J connectivity index is 1.72. The van der Waals surface area contributed by atoms with E-state index < -0.39 is 27.8 Å². The smallest absolute Gasteiger partial charge is 0.255 e. The maximum absolute atomic E-state index is 14.4. The zero-order valence-electron chi connectivity index (χ0n) is 16.1. The van der Waals surface area contributed by atoms with E-state index >= 15 is 0 Å². The molecule has 0 saturated heterocycles. The first-order valence-electron chi connectivity index (χ1n) is 9.36. The Labute approximate surface area is 173 Å². The van der Waals surface area contributed by atoms with Crippen molar-refractivity contribution < 1.29 is 22.3 Å². The molecule has 1 aliphatic heterocycles. The summed E-state index contributed by atoms with van der Waals surface area (Å²) in [6.07, 6.45) is 0. The van der Waals surface area contributed by atoms with Crippen molar-refractivity contribution in [1.82, 2.24) is 10.0 Å². The van der Waals surface area contributed by atoms with Crippen LogP contribution in [-0.2, 0) is 10.0 Å². The zero-order valence-corrected chi connectivity index (χ0v) is 16.9. The Morgan fingerprint density at radius 2 is 1.60 bits per heavy atom. The van der Waals surface area contributed by atoms with Crippen molar-refractivity contribution in [3.63, 3.8) is 0 Å². The summed E-state index contributed by atoms with van der Waals surface area (Å²) in [6.45, 7) is 1.81. The summed E-state index contributed by atoms with van der Waals surface area (Å²) >= 11 is 0. The van der Waals surface area contributed by atoms with Crippen LogP contribution < -0.4 is 14.8 Å². The van der Waals surface area contributed by atoms with Gasteiger partial charge in [0.05, 0.1) is 16.5 Å².